The quantitative estimate of drug-likeness (QED) is 0.822. The van der Waals surface area contributed by atoms with Crippen molar-refractivity contribution < 1.29 is 0 Å². The first-order valence-corrected chi connectivity index (χ1v) is 7.53. The number of hydrogen-bond acceptors (Lipinski definition) is 2. The topological polar surface area (TPSA) is 26.0 Å². The molecule has 0 spiro atoms. The summed E-state index contributed by atoms with van der Waals surface area (Å²) in [6.45, 7) is 1.98. The van der Waals surface area contributed by atoms with Gasteiger partial charge in [-0.25, -0.2) is 0 Å². The van der Waals surface area contributed by atoms with Gasteiger partial charge in [-0.1, -0.05) is 51.4 Å². The molecule has 0 fully saturated rings. The highest BCUT2D eigenvalue weighted by molar-refractivity contribution is 9.10. The van der Waals surface area contributed by atoms with Gasteiger partial charge in [0.2, 0.25) is 0 Å². The minimum atomic E-state index is 0.0320. The Morgan fingerprint density at radius 1 is 1.17 bits per heavy atom. The van der Waals surface area contributed by atoms with E-state index in [0.29, 0.717) is 0 Å². The average molecular weight is 343 g/mol. The summed E-state index contributed by atoms with van der Waals surface area (Å²) < 4.78 is 1.05. The van der Waals surface area contributed by atoms with E-state index in [1.165, 1.54) is 0 Å². The maximum absolute atomic E-state index is 5.97. The van der Waals surface area contributed by atoms with Gasteiger partial charge >= 0.3 is 0 Å². The highest BCUT2D eigenvalue weighted by Crippen LogP contribution is 2.33. The summed E-state index contributed by atoms with van der Waals surface area (Å²) in [5.41, 5.74) is 7.00. The number of nitrogens with two attached hydrogens (primary N) is 1. The summed E-state index contributed by atoms with van der Waals surface area (Å²) in [5, 5.41) is 0.756. The van der Waals surface area contributed by atoms with E-state index in [4.69, 9.17) is 17.3 Å². The molecule has 0 amide bonds. The fourth-order valence-corrected chi connectivity index (χ4v) is 3.67. The Kier molecular flexibility index (Phi) is 4.73. The zero-order valence-electron chi connectivity index (χ0n) is 9.86. The second-order valence-corrected chi connectivity index (χ2v) is 6.47. The lowest BCUT2D eigenvalue weighted by atomic mass is 10.1. The minimum Gasteiger partial charge on any atom is -0.324 e. The van der Waals surface area contributed by atoms with E-state index < -0.39 is 0 Å². The van der Waals surface area contributed by atoms with Crippen LogP contribution < -0.4 is 5.73 Å². The van der Waals surface area contributed by atoms with Crippen molar-refractivity contribution in [1.82, 2.24) is 0 Å². The third-order valence-corrected chi connectivity index (χ3v) is 4.40. The molecule has 2 aromatic rings. The van der Waals surface area contributed by atoms with Crippen molar-refractivity contribution >= 4 is 39.3 Å². The van der Waals surface area contributed by atoms with Crippen molar-refractivity contribution in [2.75, 3.05) is 0 Å². The van der Waals surface area contributed by atoms with Crippen LogP contribution in [-0.2, 0) is 0 Å². The fraction of sp³-hybridized carbons (Fsp3) is 0.143. The zero-order chi connectivity index (χ0) is 13.1. The molecule has 0 saturated heterocycles. The van der Waals surface area contributed by atoms with Gasteiger partial charge in [-0.15, -0.1) is 0 Å². The molecule has 0 bridgehead atoms. The summed E-state index contributed by atoms with van der Waals surface area (Å²) in [5.74, 6) is 0. The van der Waals surface area contributed by atoms with E-state index in [1.54, 1.807) is 11.8 Å². The van der Waals surface area contributed by atoms with Crippen LogP contribution in [0.25, 0.3) is 0 Å². The van der Waals surface area contributed by atoms with Crippen molar-refractivity contribution in [1.29, 1.82) is 0 Å². The van der Waals surface area contributed by atoms with Crippen LogP contribution in [0.2, 0.25) is 5.02 Å². The molecule has 94 valence electrons. The molecule has 0 aromatic heterocycles. The first-order chi connectivity index (χ1) is 8.56. The molecule has 0 radical (unpaired) electrons. The Balaban J connectivity index is 2.23. The monoisotopic (exact) mass is 341 g/mol. The lowest BCUT2D eigenvalue weighted by Gasteiger charge is -2.10. The third-order valence-electron chi connectivity index (χ3n) is 2.49. The molecule has 2 N–H and O–H groups in total. The Morgan fingerprint density at radius 3 is 2.50 bits per heavy atom. The van der Waals surface area contributed by atoms with E-state index in [1.807, 2.05) is 31.2 Å². The van der Waals surface area contributed by atoms with Crippen LogP contribution in [0.15, 0.2) is 56.7 Å². The van der Waals surface area contributed by atoms with Gasteiger partial charge in [0.15, 0.2) is 0 Å². The lowest BCUT2D eigenvalue weighted by Crippen LogP contribution is -2.05. The number of benzene rings is 2. The van der Waals surface area contributed by atoms with Crippen molar-refractivity contribution in [3.63, 3.8) is 0 Å². The van der Waals surface area contributed by atoms with Crippen LogP contribution in [0.4, 0.5) is 0 Å². The van der Waals surface area contributed by atoms with Gasteiger partial charge < -0.3 is 5.73 Å². The number of halogens is 2. The molecule has 2 aromatic carbocycles. The van der Waals surface area contributed by atoms with Gasteiger partial charge in [-0.05, 0) is 42.8 Å². The molecule has 2 rings (SSSR count). The SMILES string of the molecule is C[C@H](N)c1ccc(Sc2cccc(Cl)c2)cc1Br. The van der Waals surface area contributed by atoms with Crippen LogP contribution in [0.5, 0.6) is 0 Å². The lowest BCUT2D eigenvalue weighted by molar-refractivity contribution is 0.811. The molecular weight excluding hydrogens is 330 g/mol. The maximum atomic E-state index is 5.97. The van der Waals surface area contributed by atoms with Crippen LogP contribution >= 0.6 is 39.3 Å². The van der Waals surface area contributed by atoms with Gasteiger partial charge in [-0.3, -0.25) is 0 Å². The average Bonchev–Trinajstić information content (AvgIpc) is 2.28. The van der Waals surface area contributed by atoms with Crippen molar-refractivity contribution in [2.45, 2.75) is 22.8 Å². The first kappa shape index (κ1) is 13.9. The number of hydrogen-bond donors (Lipinski definition) is 1. The second-order valence-electron chi connectivity index (χ2n) is 4.03. The molecular formula is C14H13BrClNS. The molecule has 0 unspecified atom stereocenters. The van der Waals surface area contributed by atoms with E-state index in [-0.39, 0.29) is 6.04 Å². The van der Waals surface area contributed by atoms with E-state index in [2.05, 4.69) is 34.1 Å². The van der Waals surface area contributed by atoms with Crippen molar-refractivity contribution in [2.24, 2.45) is 5.73 Å². The van der Waals surface area contributed by atoms with Crippen molar-refractivity contribution in [3.8, 4) is 0 Å². The Bertz CT molecular complexity index is 557. The molecule has 1 atom stereocenters. The minimum absolute atomic E-state index is 0.0320. The molecule has 4 heteroatoms. The highest BCUT2D eigenvalue weighted by Gasteiger charge is 2.06. The van der Waals surface area contributed by atoms with Gasteiger partial charge in [0.05, 0.1) is 0 Å². The summed E-state index contributed by atoms with van der Waals surface area (Å²) in [6.07, 6.45) is 0. The normalized spacial score (nSPS) is 12.4. The van der Waals surface area contributed by atoms with Gasteiger partial charge in [-0.2, -0.15) is 0 Å². The summed E-state index contributed by atoms with van der Waals surface area (Å²) in [7, 11) is 0. The molecule has 0 aliphatic carbocycles. The predicted molar refractivity (Wildman–Crippen MR) is 82.3 cm³/mol. The standard InChI is InChI=1S/C14H13BrClNS/c1-9(17)13-6-5-12(8-14(13)15)18-11-4-2-3-10(16)7-11/h2-9H,17H2,1H3/t9-/m0/s1. The molecule has 0 heterocycles. The Morgan fingerprint density at radius 2 is 1.89 bits per heavy atom. The summed E-state index contributed by atoms with van der Waals surface area (Å²) in [6, 6.07) is 14.1. The number of rotatable bonds is 3. The molecule has 1 nitrogen and oxygen atoms in total. The molecule has 0 saturated carbocycles. The van der Waals surface area contributed by atoms with Crippen LogP contribution in [0.3, 0.4) is 0 Å². The Labute approximate surface area is 125 Å². The van der Waals surface area contributed by atoms with Crippen LogP contribution in [-0.4, -0.2) is 0 Å². The van der Waals surface area contributed by atoms with E-state index in [0.717, 1.165) is 24.8 Å². The first-order valence-electron chi connectivity index (χ1n) is 5.54. The van der Waals surface area contributed by atoms with E-state index in [9.17, 15) is 0 Å². The maximum Gasteiger partial charge on any atom is 0.0417 e. The largest absolute Gasteiger partial charge is 0.324 e. The third kappa shape index (κ3) is 3.51. The smallest absolute Gasteiger partial charge is 0.0417 e. The van der Waals surface area contributed by atoms with Crippen molar-refractivity contribution in [3.05, 3.63) is 57.5 Å². The van der Waals surface area contributed by atoms with Crippen LogP contribution in [0.1, 0.15) is 18.5 Å². The molecule has 0 aliphatic rings. The Hall–Kier alpha value is -0.480. The van der Waals surface area contributed by atoms with Crippen LogP contribution in [0, 0.1) is 0 Å². The summed E-state index contributed by atoms with van der Waals surface area (Å²) in [4.78, 5) is 2.29. The zero-order valence-corrected chi connectivity index (χ0v) is 13.0. The molecule has 18 heavy (non-hydrogen) atoms. The van der Waals surface area contributed by atoms with Gasteiger partial charge in [0, 0.05) is 25.3 Å². The second kappa shape index (κ2) is 6.11. The van der Waals surface area contributed by atoms with E-state index >= 15 is 0 Å². The van der Waals surface area contributed by atoms with Gasteiger partial charge in [0.25, 0.3) is 0 Å². The highest BCUT2D eigenvalue weighted by atomic mass is 79.9. The summed E-state index contributed by atoms with van der Waals surface area (Å²) >= 11 is 11.2. The van der Waals surface area contributed by atoms with Gasteiger partial charge in [0.1, 0.15) is 0 Å². The fourth-order valence-electron chi connectivity index (χ4n) is 1.61. The molecule has 0 aliphatic heterocycles. The predicted octanol–water partition coefficient (Wildman–Crippen LogP) is 5.27.